The van der Waals surface area contributed by atoms with Crippen molar-refractivity contribution in [1.29, 1.82) is 0 Å². The van der Waals surface area contributed by atoms with Gasteiger partial charge in [0.05, 0.1) is 32.3 Å². The van der Waals surface area contributed by atoms with E-state index in [-0.39, 0.29) is 0 Å². The summed E-state index contributed by atoms with van der Waals surface area (Å²) in [6.07, 6.45) is 6.22. The van der Waals surface area contributed by atoms with Crippen LogP contribution in [0.3, 0.4) is 0 Å². The minimum atomic E-state index is 0.694. The number of benzene rings is 3. The lowest BCUT2D eigenvalue weighted by molar-refractivity contribution is -0.644. The van der Waals surface area contributed by atoms with Gasteiger partial charge in [-0.1, -0.05) is 24.3 Å². The third-order valence-corrected chi connectivity index (χ3v) is 5.18. The number of hydrogen-bond acceptors (Lipinski definition) is 3. The SMILES string of the molecule is COc1cc(OC)c(/C=C/c2cc3c4ccccc4ccc3[n+](C)c2)c(OC)c1. The third-order valence-electron chi connectivity index (χ3n) is 5.18. The summed E-state index contributed by atoms with van der Waals surface area (Å²) in [6, 6.07) is 18.7. The van der Waals surface area contributed by atoms with Crippen molar-refractivity contribution in [2.45, 2.75) is 0 Å². The second-order valence-corrected chi connectivity index (χ2v) is 6.88. The number of ether oxygens (including phenoxy) is 3. The summed E-state index contributed by atoms with van der Waals surface area (Å²) < 4.78 is 18.6. The number of aromatic nitrogens is 1. The highest BCUT2D eigenvalue weighted by atomic mass is 16.5. The standard InChI is InChI=1S/C25H24NO3/c1-26-16-17(13-22-20-8-6-5-7-18(20)10-12-23(22)26)9-11-21-24(28-3)14-19(27-2)15-25(21)29-4/h5-16H,1-4H3/q+1/b11-9+. The molecule has 0 spiro atoms. The van der Waals surface area contributed by atoms with Crippen molar-refractivity contribution in [2.75, 3.05) is 21.3 Å². The minimum Gasteiger partial charge on any atom is -0.496 e. The first-order valence-electron chi connectivity index (χ1n) is 9.44. The summed E-state index contributed by atoms with van der Waals surface area (Å²) in [5.41, 5.74) is 3.16. The molecule has 3 aromatic carbocycles. The van der Waals surface area contributed by atoms with Crippen LogP contribution in [-0.4, -0.2) is 21.3 Å². The van der Waals surface area contributed by atoms with Gasteiger partial charge in [-0.15, -0.1) is 0 Å². The van der Waals surface area contributed by atoms with E-state index < -0.39 is 0 Å². The molecule has 1 heterocycles. The van der Waals surface area contributed by atoms with Gasteiger partial charge in [0.25, 0.3) is 0 Å². The molecule has 0 radical (unpaired) electrons. The minimum absolute atomic E-state index is 0.694. The first kappa shape index (κ1) is 18.8. The van der Waals surface area contributed by atoms with Gasteiger partial charge in [0.15, 0.2) is 6.20 Å². The zero-order chi connectivity index (χ0) is 20.4. The van der Waals surface area contributed by atoms with Crippen molar-refractivity contribution in [3.63, 3.8) is 0 Å². The Bertz CT molecular complexity index is 1200. The monoisotopic (exact) mass is 386 g/mol. The van der Waals surface area contributed by atoms with Gasteiger partial charge in [-0.25, -0.2) is 4.57 Å². The number of fused-ring (bicyclic) bond motifs is 3. The molecule has 0 bridgehead atoms. The van der Waals surface area contributed by atoms with E-state index in [2.05, 4.69) is 66.4 Å². The van der Waals surface area contributed by atoms with Crippen LogP contribution in [0, 0.1) is 0 Å². The Balaban J connectivity index is 1.84. The molecule has 0 atom stereocenters. The molecule has 0 N–H and O–H groups in total. The highest BCUT2D eigenvalue weighted by Crippen LogP contribution is 2.35. The van der Waals surface area contributed by atoms with Crippen LogP contribution >= 0.6 is 0 Å². The van der Waals surface area contributed by atoms with Gasteiger partial charge in [-0.2, -0.15) is 0 Å². The van der Waals surface area contributed by atoms with Crippen LogP contribution < -0.4 is 18.8 Å². The van der Waals surface area contributed by atoms with Gasteiger partial charge >= 0.3 is 0 Å². The summed E-state index contributed by atoms with van der Waals surface area (Å²) >= 11 is 0. The Kier molecular flexibility index (Phi) is 5.09. The Hall–Kier alpha value is -3.53. The summed E-state index contributed by atoms with van der Waals surface area (Å²) in [5, 5.41) is 3.71. The first-order chi connectivity index (χ1) is 14.1. The van der Waals surface area contributed by atoms with E-state index in [1.165, 1.54) is 21.7 Å². The highest BCUT2D eigenvalue weighted by Gasteiger charge is 2.12. The van der Waals surface area contributed by atoms with E-state index >= 15 is 0 Å². The number of methoxy groups -OCH3 is 3. The summed E-state index contributed by atoms with van der Waals surface area (Å²) in [4.78, 5) is 0. The predicted molar refractivity (Wildman–Crippen MR) is 118 cm³/mol. The third kappa shape index (κ3) is 3.49. The van der Waals surface area contributed by atoms with Gasteiger partial charge in [0.2, 0.25) is 5.52 Å². The molecular formula is C25H24NO3+. The molecule has 146 valence electrons. The van der Waals surface area contributed by atoms with Crippen LogP contribution in [-0.2, 0) is 7.05 Å². The Morgan fingerprint density at radius 3 is 2.17 bits per heavy atom. The number of hydrogen-bond donors (Lipinski definition) is 0. The maximum absolute atomic E-state index is 5.55. The number of aryl methyl sites for hydroxylation is 1. The molecule has 29 heavy (non-hydrogen) atoms. The van der Waals surface area contributed by atoms with E-state index in [0.717, 1.165) is 11.1 Å². The van der Waals surface area contributed by atoms with Gasteiger partial charge in [0.1, 0.15) is 24.3 Å². The van der Waals surface area contributed by atoms with Crippen molar-refractivity contribution in [3.8, 4) is 17.2 Å². The molecule has 0 aliphatic carbocycles. The second kappa shape index (κ2) is 7.84. The fraction of sp³-hybridized carbons (Fsp3) is 0.160. The Labute approximate surface area is 170 Å². The lowest BCUT2D eigenvalue weighted by Gasteiger charge is -2.12. The number of rotatable bonds is 5. The molecule has 0 saturated heterocycles. The molecule has 1 aromatic heterocycles. The molecular weight excluding hydrogens is 362 g/mol. The van der Waals surface area contributed by atoms with Gasteiger partial charge < -0.3 is 14.2 Å². The predicted octanol–water partition coefficient (Wildman–Crippen LogP) is 5.01. The average Bonchev–Trinajstić information content (AvgIpc) is 2.76. The summed E-state index contributed by atoms with van der Waals surface area (Å²) in [6.45, 7) is 0. The molecule has 0 aliphatic rings. The van der Waals surface area contributed by atoms with Crippen molar-refractivity contribution >= 4 is 33.8 Å². The van der Waals surface area contributed by atoms with E-state index in [0.29, 0.717) is 17.2 Å². The van der Waals surface area contributed by atoms with Crippen molar-refractivity contribution < 1.29 is 18.8 Å². The largest absolute Gasteiger partial charge is 0.496 e. The van der Waals surface area contributed by atoms with E-state index in [1.54, 1.807) is 21.3 Å². The molecule has 0 fully saturated rings. The molecule has 4 aromatic rings. The van der Waals surface area contributed by atoms with E-state index in [4.69, 9.17) is 14.2 Å². The fourth-order valence-electron chi connectivity index (χ4n) is 3.71. The molecule has 0 aliphatic heterocycles. The Morgan fingerprint density at radius 1 is 0.759 bits per heavy atom. The number of pyridine rings is 1. The van der Waals surface area contributed by atoms with Gasteiger partial charge in [-0.05, 0) is 35.1 Å². The average molecular weight is 386 g/mol. The number of nitrogens with zero attached hydrogens (tertiary/aromatic N) is 1. The topological polar surface area (TPSA) is 31.6 Å². The molecule has 0 amide bonds. The van der Waals surface area contributed by atoms with Crippen LogP contribution in [0.2, 0.25) is 0 Å². The smallest absolute Gasteiger partial charge is 0.212 e. The lowest BCUT2D eigenvalue weighted by atomic mass is 10.0. The summed E-state index contributed by atoms with van der Waals surface area (Å²) in [7, 11) is 6.99. The fourth-order valence-corrected chi connectivity index (χ4v) is 3.71. The quantitative estimate of drug-likeness (QED) is 0.357. The zero-order valence-corrected chi connectivity index (χ0v) is 17.1. The second-order valence-electron chi connectivity index (χ2n) is 6.88. The maximum Gasteiger partial charge on any atom is 0.212 e. The van der Waals surface area contributed by atoms with E-state index in [1.807, 2.05) is 18.2 Å². The maximum atomic E-state index is 5.55. The van der Waals surface area contributed by atoms with Crippen LogP contribution in [0.15, 0.2) is 60.8 Å². The van der Waals surface area contributed by atoms with Gasteiger partial charge in [-0.3, -0.25) is 0 Å². The molecule has 4 rings (SSSR count). The Morgan fingerprint density at radius 2 is 1.48 bits per heavy atom. The molecule has 0 saturated carbocycles. The van der Waals surface area contributed by atoms with Crippen molar-refractivity contribution in [2.24, 2.45) is 7.05 Å². The van der Waals surface area contributed by atoms with E-state index in [9.17, 15) is 0 Å². The molecule has 4 nitrogen and oxygen atoms in total. The van der Waals surface area contributed by atoms with Crippen LogP contribution in [0.1, 0.15) is 11.1 Å². The van der Waals surface area contributed by atoms with Crippen molar-refractivity contribution in [1.82, 2.24) is 0 Å². The molecule has 4 heteroatoms. The lowest BCUT2D eigenvalue weighted by Crippen LogP contribution is -2.28. The highest BCUT2D eigenvalue weighted by molar-refractivity contribution is 6.05. The van der Waals surface area contributed by atoms with Crippen LogP contribution in [0.25, 0.3) is 33.8 Å². The molecule has 0 unspecified atom stereocenters. The summed E-state index contributed by atoms with van der Waals surface area (Å²) in [5.74, 6) is 2.10. The van der Waals surface area contributed by atoms with Crippen molar-refractivity contribution in [3.05, 3.63) is 71.9 Å². The zero-order valence-electron chi connectivity index (χ0n) is 17.1. The first-order valence-corrected chi connectivity index (χ1v) is 9.44. The normalized spacial score (nSPS) is 11.3. The van der Waals surface area contributed by atoms with Gasteiger partial charge in [0, 0.05) is 23.8 Å². The van der Waals surface area contributed by atoms with Crippen LogP contribution in [0.5, 0.6) is 17.2 Å². The van der Waals surface area contributed by atoms with Crippen LogP contribution in [0.4, 0.5) is 0 Å².